The van der Waals surface area contributed by atoms with Crippen molar-refractivity contribution < 1.29 is 17.9 Å². The fourth-order valence-corrected chi connectivity index (χ4v) is 5.78. The van der Waals surface area contributed by atoms with Crippen molar-refractivity contribution >= 4 is 26.8 Å². The highest BCUT2D eigenvalue weighted by Gasteiger charge is 2.31. The van der Waals surface area contributed by atoms with E-state index in [2.05, 4.69) is 20.1 Å². The van der Waals surface area contributed by atoms with Gasteiger partial charge in [0.25, 0.3) is 10.2 Å². The van der Waals surface area contributed by atoms with Gasteiger partial charge in [-0.2, -0.15) is 18.4 Å². The number of rotatable bonds is 8. The molecule has 0 amide bonds. The van der Waals surface area contributed by atoms with E-state index in [0.717, 1.165) is 53.6 Å². The molecule has 0 bridgehead atoms. The number of benzene rings is 2. The molecule has 1 aromatic heterocycles. The normalized spacial score (nSPS) is 17.0. The Labute approximate surface area is 206 Å². The maximum absolute atomic E-state index is 12.2. The Hall–Kier alpha value is -3.06. The van der Waals surface area contributed by atoms with Crippen molar-refractivity contribution in [1.82, 2.24) is 9.29 Å². The Morgan fingerprint density at radius 2 is 1.80 bits per heavy atom. The summed E-state index contributed by atoms with van der Waals surface area (Å²) < 4.78 is 43.4. The fourth-order valence-electron chi connectivity index (χ4n) is 4.65. The molecular formula is C26H30N4O4S. The predicted molar refractivity (Wildman–Crippen MR) is 136 cm³/mol. The summed E-state index contributed by atoms with van der Waals surface area (Å²) in [4.78, 5) is 0. The first-order valence-corrected chi connectivity index (χ1v) is 13.6. The molecule has 0 spiro atoms. The van der Waals surface area contributed by atoms with Crippen LogP contribution in [0.15, 0.2) is 42.5 Å². The van der Waals surface area contributed by atoms with Crippen LogP contribution < -0.4 is 14.2 Å². The third-order valence-electron chi connectivity index (χ3n) is 6.27. The van der Waals surface area contributed by atoms with Gasteiger partial charge in [0.15, 0.2) is 0 Å². The zero-order chi connectivity index (χ0) is 24.6. The average Bonchev–Trinajstić information content (AvgIpc) is 3.60. The van der Waals surface area contributed by atoms with Gasteiger partial charge in [-0.05, 0) is 56.5 Å². The van der Waals surface area contributed by atoms with E-state index in [1.54, 1.807) is 26.0 Å². The van der Waals surface area contributed by atoms with E-state index in [-0.39, 0.29) is 12.1 Å². The maximum atomic E-state index is 12.2. The number of fused-ring (bicyclic) bond motifs is 1. The number of nitrogens with one attached hydrogen (secondary N) is 2. The third-order valence-corrected chi connectivity index (χ3v) is 7.56. The molecule has 1 saturated carbocycles. The maximum Gasteiger partial charge on any atom is 0.299 e. The van der Waals surface area contributed by atoms with E-state index in [9.17, 15) is 13.7 Å². The van der Waals surface area contributed by atoms with Gasteiger partial charge in [0.1, 0.15) is 17.9 Å². The van der Waals surface area contributed by atoms with Gasteiger partial charge >= 0.3 is 0 Å². The van der Waals surface area contributed by atoms with Crippen molar-refractivity contribution in [1.29, 1.82) is 5.26 Å². The average molecular weight is 495 g/mol. The highest BCUT2D eigenvalue weighted by atomic mass is 32.2. The highest BCUT2D eigenvalue weighted by molar-refractivity contribution is 7.90. The van der Waals surface area contributed by atoms with Crippen LogP contribution in [-0.2, 0) is 14.9 Å². The lowest BCUT2D eigenvalue weighted by Gasteiger charge is -2.23. The van der Waals surface area contributed by atoms with E-state index in [4.69, 9.17) is 9.47 Å². The molecule has 8 nitrogen and oxygen atoms in total. The van der Waals surface area contributed by atoms with E-state index in [1.807, 2.05) is 30.3 Å². The van der Waals surface area contributed by atoms with Crippen LogP contribution in [0.25, 0.3) is 22.2 Å². The quantitative estimate of drug-likeness (QED) is 0.471. The number of nitriles is 1. The van der Waals surface area contributed by atoms with E-state index in [0.29, 0.717) is 30.5 Å². The van der Waals surface area contributed by atoms with Gasteiger partial charge < -0.3 is 14.0 Å². The molecule has 1 saturated heterocycles. The molecule has 2 aromatic carbocycles. The molecule has 0 unspecified atom stereocenters. The second-order valence-corrected chi connectivity index (χ2v) is 10.9. The van der Waals surface area contributed by atoms with Gasteiger partial charge in [0.05, 0.1) is 30.0 Å². The van der Waals surface area contributed by atoms with Crippen LogP contribution in [0.1, 0.15) is 51.1 Å². The SMILES string of the molecule is CC(C)NS(=O)(=O)Nc1ccc(-c2c(C#N)c3ccc(OC4CCOCC4)cc3n2C2CC2)cc1. The first-order chi connectivity index (χ1) is 16.8. The zero-order valence-electron chi connectivity index (χ0n) is 20.0. The smallest absolute Gasteiger partial charge is 0.299 e. The molecule has 2 N–H and O–H groups in total. The topological polar surface area (TPSA) is 105 Å². The molecule has 35 heavy (non-hydrogen) atoms. The van der Waals surface area contributed by atoms with Gasteiger partial charge in [-0.1, -0.05) is 12.1 Å². The van der Waals surface area contributed by atoms with Crippen LogP contribution in [0, 0.1) is 11.3 Å². The predicted octanol–water partition coefficient (Wildman–Crippen LogP) is 4.73. The Kier molecular flexibility index (Phi) is 6.45. The molecule has 1 aliphatic heterocycles. The largest absolute Gasteiger partial charge is 0.490 e. The molecule has 0 atom stereocenters. The Morgan fingerprint density at radius 3 is 2.43 bits per heavy atom. The van der Waals surface area contributed by atoms with Crippen molar-refractivity contribution in [3.05, 3.63) is 48.0 Å². The van der Waals surface area contributed by atoms with Crippen LogP contribution in [0.3, 0.4) is 0 Å². The molecule has 2 heterocycles. The molecule has 2 aliphatic rings. The minimum atomic E-state index is -3.65. The van der Waals surface area contributed by atoms with Crippen LogP contribution in [0.2, 0.25) is 0 Å². The summed E-state index contributed by atoms with van der Waals surface area (Å²) in [6.45, 7) is 4.96. The summed E-state index contributed by atoms with van der Waals surface area (Å²) in [5.41, 5.74) is 3.81. The Morgan fingerprint density at radius 1 is 1.09 bits per heavy atom. The molecule has 9 heteroatoms. The van der Waals surface area contributed by atoms with Crippen molar-refractivity contribution in [2.45, 2.75) is 57.7 Å². The standard InChI is InChI=1S/C26H30N4O4S/c1-17(2)28-35(31,32)29-19-5-3-18(4-6-19)26-24(16-27)23-10-9-22(34-21-11-13-33-14-12-21)15-25(23)30(26)20-7-8-20/h3-6,9-10,15,17,20-21,28-29H,7-8,11-14H2,1-2H3. The lowest BCUT2D eigenvalue weighted by atomic mass is 10.1. The number of ether oxygens (including phenoxy) is 2. The summed E-state index contributed by atoms with van der Waals surface area (Å²) in [6, 6.07) is 15.7. The summed E-state index contributed by atoms with van der Waals surface area (Å²) >= 11 is 0. The van der Waals surface area contributed by atoms with E-state index in [1.165, 1.54) is 0 Å². The van der Waals surface area contributed by atoms with Crippen LogP contribution >= 0.6 is 0 Å². The fraction of sp³-hybridized carbons (Fsp3) is 0.423. The van der Waals surface area contributed by atoms with Crippen molar-refractivity contribution in [2.75, 3.05) is 17.9 Å². The highest BCUT2D eigenvalue weighted by Crippen LogP contribution is 2.45. The first-order valence-electron chi connectivity index (χ1n) is 12.1. The summed E-state index contributed by atoms with van der Waals surface area (Å²) in [7, 11) is -3.65. The number of hydrogen-bond donors (Lipinski definition) is 2. The Bertz CT molecular complexity index is 1360. The lowest BCUT2D eigenvalue weighted by molar-refractivity contribution is 0.0256. The van der Waals surface area contributed by atoms with Gasteiger partial charge in [-0.3, -0.25) is 4.72 Å². The monoisotopic (exact) mass is 494 g/mol. The lowest BCUT2D eigenvalue weighted by Crippen LogP contribution is -2.35. The third kappa shape index (κ3) is 5.15. The molecule has 1 aliphatic carbocycles. The van der Waals surface area contributed by atoms with Crippen molar-refractivity contribution in [3.8, 4) is 23.1 Å². The van der Waals surface area contributed by atoms with Gasteiger partial charge in [-0.25, -0.2) is 0 Å². The van der Waals surface area contributed by atoms with Crippen molar-refractivity contribution in [3.63, 3.8) is 0 Å². The molecular weight excluding hydrogens is 464 g/mol. The molecule has 2 fully saturated rings. The van der Waals surface area contributed by atoms with Crippen LogP contribution in [0.5, 0.6) is 5.75 Å². The van der Waals surface area contributed by atoms with E-state index >= 15 is 0 Å². The Balaban J connectivity index is 1.51. The number of anilines is 1. The summed E-state index contributed by atoms with van der Waals surface area (Å²) in [5.74, 6) is 0.808. The molecule has 3 aromatic rings. The second-order valence-electron chi connectivity index (χ2n) is 9.50. The summed E-state index contributed by atoms with van der Waals surface area (Å²) in [6.07, 6.45) is 4.01. The van der Waals surface area contributed by atoms with Crippen LogP contribution in [-0.4, -0.2) is 38.3 Å². The minimum Gasteiger partial charge on any atom is -0.490 e. The molecule has 5 rings (SSSR count). The van der Waals surface area contributed by atoms with Gasteiger partial charge in [0, 0.05) is 42.1 Å². The first kappa shape index (κ1) is 23.7. The molecule has 184 valence electrons. The minimum absolute atomic E-state index is 0.141. The molecule has 0 radical (unpaired) electrons. The zero-order valence-corrected chi connectivity index (χ0v) is 20.8. The van der Waals surface area contributed by atoms with Gasteiger partial charge in [0.2, 0.25) is 0 Å². The second kappa shape index (κ2) is 9.53. The van der Waals surface area contributed by atoms with Crippen LogP contribution in [0.4, 0.5) is 5.69 Å². The van der Waals surface area contributed by atoms with Gasteiger partial charge in [-0.15, -0.1) is 0 Å². The number of hydrogen-bond acceptors (Lipinski definition) is 5. The van der Waals surface area contributed by atoms with E-state index < -0.39 is 10.2 Å². The number of aromatic nitrogens is 1. The van der Waals surface area contributed by atoms with Crippen molar-refractivity contribution in [2.24, 2.45) is 0 Å². The number of nitrogens with zero attached hydrogens (tertiary/aromatic N) is 2. The summed E-state index contributed by atoms with van der Waals surface area (Å²) in [5, 5.41) is 11.0.